The monoisotopic (exact) mass is 498 g/mol. The Balaban J connectivity index is 1.26. The van der Waals surface area contributed by atoms with Gasteiger partial charge in [-0.3, -0.25) is 9.59 Å². The van der Waals surface area contributed by atoms with Gasteiger partial charge in [-0.2, -0.15) is 4.98 Å². The van der Waals surface area contributed by atoms with Gasteiger partial charge < -0.3 is 14.7 Å². The van der Waals surface area contributed by atoms with Gasteiger partial charge in [0.2, 0.25) is 5.89 Å². The molecule has 0 unspecified atom stereocenters. The summed E-state index contributed by atoms with van der Waals surface area (Å²) in [7, 11) is 0. The normalized spacial score (nSPS) is 12.9. The first-order chi connectivity index (χ1) is 17.9. The molecule has 188 valence electrons. The van der Waals surface area contributed by atoms with E-state index < -0.39 is 0 Å². The third-order valence-corrected chi connectivity index (χ3v) is 6.35. The van der Waals surface area contributed by atoms with Crippen molar-refractivity contribution in [1.29, 1.82) is 0 Å². The average molecular weight is 499 g/mol. The Bertz CT molecular complexity index is 1430. The van der Waals surface area contributed by atoms with Gasteiger partial charge in [0.15, 0.2) is 5.82 Å². The second-order valence-electron chi connectivity index (χ2n) is 9.44. The van der Waals surface area contributed by atoms with E-state index in [-0.39, 0.29) is 23.5 Å². The topological polar surface area (TPSA) is 88.3 Å². The van der Waals surface area contributed by atoms with Crippen molar-refractivity contribution < 1.29 is 18.5 Å². The Kier molecular flexibility index (Phi) is 6.81. The van der Waals surface area contributed by atoms with Gasteiger partial charge in [0.1, 0.15) is 5.82 Å². The van der Waals surface area contributed by atoms with E-state index in [0.717, 1.165) is 29.7 Å². The number of aromatic nitrogens is 2. The number of hydrogen-bond acceptors (Lipinski definition) is 5. The van der Waals surface area contributed by atoms with Crippen LogP contribution in [0.15, 0.2) is 71.3 Å². The molecule has 0 saturated carbocycles. The summed E-state index contributed by atoms with van der Waals surface area (Å²) in [6.45, 7) is 4.57. The fourth-order valence-corrected chi connectivity index (χ4v) is 4.36. The van der Waals surface area contributed by atoms with Crippen LogP contribution in [0.3, 0.4) is 0 Å². The molecule has 37 heavy (non-hydrogen) atoms. The molecule has 4 aromatic rings. The van der Waals surface area contributed by atoms with Crippen LogP contribution in [0.5, 0.6) is 0 Å². The minimum absolute atomic E-state index is 0.181. The number of aryl methyl sites for hydroxylation is 1. The smallest absolute Gasteiger partial charge is 0.258 e. The van der Waals surface area contributed by atoms with Gasteiger partial charge in [-0.1, -0.05) is 31.1 Å². The quantitative estimate of drug-likeness (QED) is 0.365. The Labute approximate surface area is 214 Å². The molecule has 3 aromatic carbocycles. The van der Waals surface area contributed by atoms with Gasteiger partial charge >= 0.3 is 0 Å². The molecular formula is C29H27FN4O3. The third kappa shape index (κ3) is 5.43. The molecule has 1 aliphatic rings. The number of amides is 2. The molecule has 7 nitrogen and oxygen atoms in total. The number of carbonyl (C=O) groups is 2. The summed E-state index contributed by atoms with van der Waals surface area (Å²) in [6.07, 6.45) is 2.10. The number of anilines is 2. The summed E-state index contributed by atoms with van der Waals surface area (Å²) in [5.74, 6) is 0.638. The maximum Gasteiger partial charge on any atom is 0.258 e. The summed E-state index contributed by atoms with van der Waals surface area (Å²) in [5.41, 5.74) is 4.35. The Morgan fingerprint density at radius 2 is 1.76 bits per heavy atom. The molecule has 0 fully saturated rings. The van der Waals surface area contributed by atoms with Gasteiger partial charge in [0.25, 0.3) is 11.8 Å². The van der Waals surface area contributed by atoms with Crippen LogP contribution >= 0.6 is 0 Å². The lowest BCUT2D eigenvalue weighted by Gasteiger charge is -2.30. The highest BCUT2D eigenvalue weighted by atomic mass is 19.1. The van der Waals surface area contributed by atoms with Gasteiger partial charge in [-0.05, 0) is 78.6 Å². The number of carbonyl (C=O) groups excluding carboxylic acids is 2. The molecule has 0 radical (unpaired) electrons. The number of nitrogens with zero attached hydrogens (tertiary/aromatic N) is 3. The van der Waals surface area contributed by atoms with Crippen LogP contribution in [0, 0.1) is 5.82 Å². The molecule has 1 aromatic heterocycles. The number of nitrogens with one attached hydrogen (secondary N) is 1. The largest absolute Gasteiger partial charge is 0.339 e. The van der Waals surface area contributed by atoms with Crippen molar-refractivity contribution in [1.82, 2.24) is 10.1 Å². The Morgan fingerprint density at radius 1 is 1.03 bits per heavy atom. The van der Waals surface area contributed by atoms with E-state index in [1.807, 2.05) is 50.2 Å². The van der Waals surface area contributed by atoms with Crippen LogP contribution < -0.4 is 10.2 Å². The fourth-order valence-electron chi connectivity index (χ4n) is 4.36. The third-order valence-electron chi connectivity index (χ3n) is 6.35. The number of fused-ring (bicyclic) bond motifs is 1. The molecule has 2 heterocycles. The van der Waals surface area contributed by atoms with E-state index in [4.69, 9.17) is 4.52 Å². The standard InChI is InChI=1S/C29H27FN4O3/c1-18(2)28-32-26(33-37-28)16-19-5-12-24(13-6-19)31-27(35)22-9-14-25-21(17-22)4-3-15-34(25)29(36)20-7-10-23(30)11-8-20/h5-14,17-18H,3-4,15-16H2,1-2H3,(H,31,35). The molecule has 1 aliphatic heterocycles. The van der Waals surface area contributed by atoms with Crippen molar-refractivity contribution in [2.75, 3.05) is 16.8 Å². The van der Waals surface area contributed by atoms with E-state index in [9.17, 15) is 14.0 Å². The summed E-state index contributed by atoms with van der Waals surface area (Å²) in [5, 5.41) is 6.96. The molecule has 0 saturated heterocycles. The van der Waals surface area contributed by atoms with Gasteiger partial charge in [-0.15, -0.1) is 0 Å². The number of rotatable bonds is 6. The van der Waals surface area contributed by atoms with Gasteiger partial charge in [-0.25, -0.2) is 4.39 Å². The van der Waals surface area contributed by atoms with Crippen molar-refractivity contribution >= 4 is 23.2 Å². The van der Waals surface area contributed by atoms with Crippen LogP contribution in [-0.2, 0) is 12.8 Å². The molecule has 0 bridgehead atoms. The maximum atomic E-state index is 13.3. The van der Waals surface area contributed by atoms with E-state index in [0.29, 0.717) is 41.5 Å². The summed E-state index contributed by atoms with van der Waals surface area (Å²) in [6, 6.07) is 18.5. The van der Waals surface area contributed by atoms with E-state index in [2.05, 4.69) is 15.5 Å². The SMILES string of the molecule is CC(C)c1nc(Cc2ccc(NC(=O)c3ccc4c(c3)CCCN4C(=O)c3ccc(F)cc3)cc2)no1. The lowest BCUT2D eigenvalue weighted by atomic mass is 9.98. The van der Waals surface area contributed by atoms with Crippen molar-refractivity contribution in [3.8, 4) is 0 Å². The van der Waals surface area contributed by atoms with Crippen molar-refractivity contribution in [2.45, 2.75) is 39.0 Å². The molecule has 0 aliphatic carbocycles. The lowest BCUT2D eigenvalue weighted by molar-refractivity contribution is 0.0984. The number of halogens is 1. The zero-order valence-electron chi connectivity index (χ0n) is 20.7. The van der Waals surface area contributed by atoms with Gasteiger partial charge in [0.05, 0.1) is 0 Å². The lowest BCUT2D eigenvalue weighted by Crippen LogP contribution is -2.35. The highest BCUT2D eigenvalue weighted by Gasteiger charge is 2.24. The van der Waals surface area contributed by atoms with E-state index >= 15 is 0 Å². The summed E-state index contributed by atoms with van der Waals surface area (Å²) in [4.78, 5) is 32.1. The molecular weight excluding hydrogens is 471 g/mol. The maximum absolute atomic E-state index is 13.3. The second-order valence-corrected chi connectivity index (χ2v) is 9.44. The summed E-state index contributed by atoms with van der Waals surface area (Å²) < 4.78 is 18.5. The van der Waals surface area contributed by atoms with Crippen molar-refractivity contribution in [3.63, 3.8) is 0 Å². The predicted octanol–water partition coefficient (Wildman–Crippen LogP) is 5.77. The van der Waals surface area contributed by atoms with Crippen molar-refractivity contribution in [3.05, 3.63) is 107 Å². The fraction of sp³-hybridized carbons (Fsp3) is 0.241. The molecule has 0 spiro atoms. The highest BCUT2D eigenvalue weighted by molar-refractivity contribution is 6.08. The summed E-state index contributed by atoms with van der Waals surface area (Å²) >= 11 is 0. The van der Waals surface area contributed by atoms with Crippen LogP contribution in [0.4, 0.5) is 15.8 Å². The molecule has 1 N–H and O–H groups in total. The first kappa shape index (κ1) is 24.4. The first-order valence-corrected chi connectivity index (χ1v) is 12.3. The molecule has 8 heteroatoms. The molecule has 5 rings (SSSR count). The van der Waals surface area contributed by atoms with Crippen LogP contribution in [0.1, 0.15) is 69.7 Å². The minimum Gasteiger partial charge on any atom is -0.339 e. The van der Waals surface area contributed by atoms with E-state index in [1.165, 1.54) is 24.3 Å². The van der Waals surface area contributed by atoms with E-state index in [1.54, 1.807) is 11.0 Å². The minimum atomic E-state index is -0.381. The van der Waals surface area contributed by atoms with Crippen molar-refractivity contribution in [2.24, 2.45) is 0 Å². The first-order valence-electron chi connectivity index (χ1n) is 12.3. The van der Waals surface area contributed by atoms with Crippen LogP contribution in [0.25, 0.3) is 0 Å². The average Bonchev–Trinajstić information content (AvgIpc) is 3.38. The number of hydrogen-bond donors (Lipinski definition) is 1. The second kappa shape index (κ2) is 10.3. The highest BCUT2D eigenvalue weighted by Crippen LogP contribution is 2.30. The predicted molar refractivity (Wildman–Crippen MR) is 138 cm³/mol. The molecule has 2 amide bonds. The molecule has 0 atom stereocenters. The zero-order valence-corrected chi connectivity index (χ0v) is 20.7. The zero-order chi connectivity index (χ0) is 25.9. The number of benzene rings is 3. The van der Waals surface area contributed by atoms with Crippen LogP contribution in [-0.4, -0.2) is 28.5 Å². The Morgan fingerprint density at radius 3 is 2.46 bits per heavy atom. The van der Waals surface area contributed by atoms with Crippen LogP contribution in [0.2, 0.25) is 0 Å². The van der Waals surface area contributed by atoms with Gasteiger partial charge in [0, 0.05) is 41.4 Å². The Hall–Kier alpha value is -4.33.